The molecule has 0 saturated carbocycles. The van der Waals surface area contributed by atoms with Crippen molar-refractivity contribution in [2.24, 2.45) is 0 Å². The van der Waals surface area contributed by atoms with Crippen molar-refractivity contribution in [1.82, 2.24) is 9.80 Å². The smallest absolute Gasteiger partial charge is 0.321 e. The van der Waals surface area contributed by atoms with Crippen LogP contribution in [0.25, 0.3) is 0 Å². The van der Waals surface area contributed by atoms with Gasteiger partial charge in [-0.2, -0.15) is 0 Å². The highest BCUT2D eigenvalue weighted by Crippen LogP contribution is 2.34. The zero-order valence-corrected chi connectivity index (χ0v) is 20.5. The van der Waals surface area contributed by atoms with Gasteiger partial charge in [-0.1, -0.05) is 48.0 Å². The first kappa shape index (κ1) is 24.6. The van der Waals surface area contributed by atoms with Crippen molar-refractivity contribution in [3.63, 3.8) is 0 Å². The van der Waals surface area contributed by atoms with E-state index in [0.717, 1.165) is 57.5 Å². The second kappa shape index (κ2) is 11.2. The van der Waals surface area contributed by atoms with E-state index in [1.54, 1.807) is 0 Å². The van der Waals surface area contributed by atoms with Crippen molar-refractivity contribution in [3.8, 4) is 0 Å². The standard InChI is InChI=1S/C27H37N3O.ClH/c1-20(2)29-16-14-24(15-17-29)25-6-4-5-7-26(25)28-27(31)30-18-12-23(13-19-30)22-10-8-21(3)9-11-22;/h4-11,20,23-24H,12-19H2,1-3H3,(H,28,31);1H. The first-order valence-electron chi connectivity index (χ1n) is 12.0. The molecule has 4 nitrogen and oxygen atoms in total. The molecule has 1 N–H and O–H groups in total. The number of halogens is 1. The van der Waals surface area contributed by atoms with Crippen LogP contribution in [0.1, 0.15) is 68.1 Å². The van der Waals surface area contributed by atoms with Crippen molar-refractivity contribution in [3.05, 3.63) is 65.2 Å². The van der Waals surface area contributed by atoms with E-state index in [1.807, 2.05) is 11.0 Å². The molecule has 2 aliphatic rings. The average Bonchev–Trinajstić information content (AvgIpc) is 2.80. The van der Waals surface area contributed by atoms with Crippen molar-refractivity contribution in [2.45, 2.75) is 64.3 Å². The predicted octanol–water partition coefficient (Wildman–Crippen LogP) is 6.42. The van der Waals surface area contributed by atoms with Crippen LogP contribution >= 0.6 is 12.4 Å². The first-order valence-corrected chi connectivity index (χ1v) is 12.0. The van der Waals surface area contributed by atoms with Crippen LogP contribution in [0, 0.1) is 6.92 Å². The second-order valence-electron chi connectivity index (χ2n) is 9.59. The van der Waals surface area contributed by atoms with Gasteiger partial charge in [0.25, 0.3) is 0 Å². The summed E-state index contributed by atoms with van der Waals surface area (Å²) in [4.78, 5) is 17.6. The van der Waals surface area contributed by atoms with Crippen LogP contribution in [0.3, 0.4) is 0 Å². The maximum absolute atomic E-state index is 13.0. The number of hydrogen-bond acceptors (Lipinski definition) is 2. The predicted molar refractivity (Wildman–Crippen MR) is 136 cm³/mol. The van der Waals surface area contributed by atoms with Crippen molar-refractivity contribution in [1.29, 1.82) is 0 Å². The minimum Gasteiger partial charge on any atom is -0.324 e. The molecule has 2 saturated heterocycles. The van der Waals surface area contributed by atoms with Gasteiger partial charge in [0.05, 0.1) is 0 Å². The summed E-state index contributed by atoms with van der Waals surface area (Å²) in [6.45, 7) is 10.6. The highest BCUT2D eigenvalue weighted by Gasteiger charge is 2.26. The number of anilines is 1. The van der Waals surface area contributed by atoms with Crippen molar-refractivity contribution < 1.29 is 4.79 Å². The van der Waals surface area contributed by atoms with E-state index in [4.69, 9.17) is 0 Å². The average molecular weight is 456 g/mol. The molecule has 32 heavy (non-hydrogen) atoms. The lowest BCUT2D eigenvalue weighted by molar-refractivity contribution is 0.172. The molecule has 5 heteroatoms. The third-order valence-electron chi connectivity index (χ3n) is 7.23. The zero-order chi connectivity index (χ0) is 21.8. The molecule has 174 valence electrons. The number of likely N-dealkylation sites (tertiary alicyclic amines) is 2. The van der Waals surface area contributed by atoms with E-state index >= 15 is 0 Å². The monoisotopic (exact) mass is 455 g/mol. The Kier molecular flexibility index (Phi) is 8.61. The number of piperidine rings is 2. The minimum absolute atomic E-state index is 0. The molecular weight excluding hydrogens is 418 g/mol. The van der Waals surface area contributed by atoms with Gasteiger partial charge in [-0.25, -0.2) is 4.79 Å². The Labute approximate surface area is 199 Å². The molecule has 0 aromatic heterocycles. The summed E-state index contributed by atoms with van der Waals surface area (Å²) < 4.78 is 0. The summed E-state index contributed by atoms with van der Waals surface area (Å²) in [5, 5.41) is 3.25. The van der Waals surface area contributed by atoms with E-state index in [1.165, 1.54) is 16.7 Å². The van der Waals surface area contributed by atoms with Gasteiger partial charge in [-0.05, 0) is 88.6 Å². The van der Waals surface area contributed by atoms with Crippen molar-refractivity contribution in [2.75, 3.05) is 31.5 Å². The van der Waals surface area contributed by atoms with Gasteiger partial charge in [0.15, 0.2) is 0 Å². The second-order valence-corrected chi connectivity index (χ2v) is 9.59. The number of nitrogens with zero attached hydrogens (tertiary/aromatic N) is 2. The topological polar surface area (TPSA) is 35.6 Å². The zero-order valence-electron chi connectivity index (χ0n) is 19.7. The van der Waals surface area contributed by atoms with Gasteiger partial charge >= 0.3 is 6.03 Å². The molecule has 2 amide bonds. The molecule has 2 heterocycles. The van der Waals surface area contributed by atoms with Gasteiger partial charge in [-0.3, -0.25) is 0 Å². The van der Waals surface area contributed by atoms with Gasteiger partial charge in [0, 0.05) is 24.8 Å². The Hall–Kier alpha value is -2.04. The highest BCUT2D eigenvalue weighted by molar-refractivity contribution is 5.90. The molecular formula is C27H38ClN3O. The SMILES string of the molecule is Cc1ccc(C2CCN(C(=O)Nc3ccccc3C3CCN(C(C)C)CC3)CC2)cc1.Cl. The first-order chi connectivity index (χ1) is 15.0. The van der Waals surface area contributed by atoms with E-state index in [9.17, 15) is 4.79 Å². The number of nitrogens with one attached hydrogen (secondary N) is 1. The molecule has 2 aromatic rings. The third kappa shape index (κ3) is 5.85. The normalized spacial score (nSPS) is 18.4. The Morgan fingerprint density at radius 2 is 1.47 bits per heavy atom. The van der Waals surface area contributed by atoms with Gasteiger partial charge < -0.3 is 15.1 Å². The molecule has 0 unspecified atom stereocenters. The summed E-state index contributed by atoms with van der Waals surface area (Å²) in [5.74, 6) is 1.09. The van der Waals surface area contributed by atoms with Crippen LogP contribution in [0.4, 0.5) is 10.5 Å². The summed E-state index contributed by atoms with van der Waals surface area (Å²) in [7, 11) is 0. The Bertz CT molecular complexity index is 867. The lowest BCUT2D eigenvalue weighted by atomic mass is 9.88. The van der Waals surface area contributed by atoms with E-state index in [0.29, 0.717) is 17.9 Å². The Balaban J connectivity index is 0.00000289. The number of carbonyl (C=O) groups excluding carboxylic acids is 1. The number of rotatable bonds is 4. The molecule has 4 rings (SSSR count). The summed E-state index contributed by atoms with van der Waals surface area (Å²) in [6.07, 6.45) is 4.39. The van der Waals surface area contributed by atoms with Gasteiger partial charge in [0.2, 0.25) is 0 Å². The number of para-hydroxylation sites is 1. The fourth-order valence-corrected chi connectivity index (χ4v) is 5.14. The van der Waals surface area contributed by atoms with E-state index < -0.39 is 0 Å². The summed E-state index contributed by atoms with van der Waals surface area (Å²) >= 11 is 0. The molecule has 2 aliphatic heterocycles. The number of aryl methyl sites for hydroxylation is 1. The minimum atomic E-state index is 0. The summed E-state index contributed by atoms with van der Waals surface area (Å²) in [5.41, 5.74) is 5.00. The van der Waals surface area contributed by atoms with Crippen LogP contribution in [0.5, 0.6) is 0 Å². The molecule has 2 fully saturated rings. The highest BCUT2D eigenvalue weighted by atomic mass is 35.5. The molecule has 0 bridgehead atoms. The third-order valence-corrected chi connectivity index (χ3v) is 7.23. The quantitative estimate of drug-likeness (QED) is 0.577. The Morgan fingerprint density at radius 1 is 0.875 bits per heavy atom. The number of urea groups is 1. The number of carbonyl (C=O) groups is 1. The molecule has 0 spiro atoms. The molecule has 0 radical (unpaired) electrons. The number of amides is 2. The van der Waals surface area contributed by atoms with Crippen LogP contribution in [0.15, 0.2) is 48.5 Å². The summed E-state index contributed by atoms with van der Waals surface area (Å²) in [6, 6.07) is 17.9. The van der Waals surface area contributed by atoms with Crippen LogP contribution in [0.2, 0.25) is 0 Å². The maximum Gasteiger partial charge on any atom is 0.321 e. The van der Waals surface area contributed by atoms with E-state index in [-0.39, 0.29) is 18.4 Å². The molecule has 2 aromatic carbocycles. The van der Waals surface area contributed by atoms with Gasteiger partial charge in [-0.15, -0.1) is 12.4 Å². The van der Waals surface area contributed by atoms with Crippen molar-refractivity contribution >= 4 is 24.1 Å². The fourth-order valence-electron chi connectivity index (χ4n) is 5.14. The number of benzene rings is 2. The largest absolute Gasteiger partial charge is 0.324 e. The van der Waals surface area contributed by atoms with Crippen LogP contribution in [-0.2, 0) is 0 Å². The lowest BCUT2D eigenvalue weighted by Gasteiger charge is -2.36. The molecule has 0 aliphatic carbocycles. The fraction of sp³-hybridized carbons (Fsp3) is 0.519. The Morgan fingerprint density at radius 3 is 2.09 bits per heavy atom. The van der Waals surface area contributed by atoms with Crippen LogP contribution < -0.4 is 5.32 Å². The van der Waals surface area contributed by atoms with Gasteiger partial charge in [0.1, 0.15) is 0 Å². The lowest BCUT2D eigenvalue weighted by Crippen LogP contribution is -2.41. The number of hydrogen-bond donors (Lipinski definition) is 1. The van der Waals surface area contributed by atoms with Crippen LogP contribution in [-0.4, -0.2) is 48.1 Å². The van der Waals surface area contributed by atoms with E-state index in [2.05, 4.69) is 73.5 Å². The molecule has 0 atom stereocenters. The maximum atomic E-state index is 13.0.